The number of rotatable bonds is 2. The molecule has 0 fully saturated rings. The van der Waals surface area contributed by atoms with Crippen molar-refractivity contribution in [2.45, 2.75) is 13.3 Å². The van der Waals surface area contributed by atoms with Gasteiger partial charge in [-0.15, -0.1) is 0 Å². The molecular formula is C4H11OPS. The van der Waals surface area contributed by atoms with E-state index >= 15 is 0 Å². The van der Waals surface area contributed by atoms with Gasteiger partial charge in [-0.1, -0.05) is 18.7 Å². The van der Waals surface area contributed by atoms with Crippen molar-refractivity contribution in [2.24, 2.45) is 0 Å². The van der Waals surface area contributed by atoms with Crippen LogP contribution in [0.3, 0.4) is 0 Å². The Balaban J connectivity index is 3.26. The molecule has 1 N–H and O–H groups in total. The van der Waals surface area contributed by atoms with Gasteiger partial charge in [0.25, 0.3) is 0 Å². The van der Waals surface area contributed by atoms with E-state index < -0.39 is 6.26 Å². The Bertz CT molecular complexity index is 100. The van der Waals surface area contributed by atoms with E-state index in [0.29, 0.717) is 13.1 Å². The molecule has 0 spiro atoms. The van der Waals surface area contributed by atoms with Crippen LogP contribution in [-0.4, -0.2) is 17.7 Å². The Kier molecular flexibility index (Phi) is 2.30. The van der Waals surface area contributed by atoms with Crippen LogP contribution in [0.2, 0.25) is 0 Å². The first-order valence-electron chi connectivity index (χ1n) is 2.85. The minimum Gasteiger partial charge on any atom is -0.365 e. The second-order valence-corrected chi connectivity index (χ2v) is 6.54. The van der Waals surface area contributed by atoms with Gasteiger partial charge in [-0.2, -0.15) is 0 Å². The summed E-state index contributed by atoms with van der Waals surface area (Å²) in [7, 11) is 0. The molecular weight excluding hydrogens is 127 g/mol. The van der Waals surface area contributed by atoms with Gasteiger partial charge in [-0.05, 0) is 19.2 Å². The van der Waals surface area contributed by atoms with Crippen molar-refractivity contribution in [1.29, 1.82) is 0 Å². The Hall–Kier alpha value is 0.610. The van der Waals surface area contributed by atoms with Gasteiger partial charge in [-0.3, -0.25) is 0 Å². The molecule has 0 heterocycles. The summed E-state index contributed by atoms with van der Waals surface area (Å²) in [5.74, 6) is 0. The highest BCUT2D eigenvalue weighted by molar-refractivity contribution is 8.11. The molecule has 0 rings (SSSR count). The highest BCUT2D eigenvalue weighted by Crippen LogP contribution is 2.35. The van der Waals surface area contributed by atoms with Crippen LogP contribution in [0.15, 0.2) is 0 Å². The van der Waals surface area contributed by atoms with Crippen LogP contribution < -0.4 is 0 Å². The summed E-state index contributed by atoms with van der Waals surface area (Å²) in [6.45, 7) is 2.07. The van der Waals surface area contributed by atoms with Gasteiger partial charge < -0.3 is 4.89 Å². The molecule has 0 aliphatic carbocycles. The molecule has 0 radical (unpaired) electrons. The molecule has 7 heavy (non-hydrogen) atoms. The summed E-state index contributed by atoms with van der Waals surface area (Å²) >= 11 is 4.73. The first-order valence-corrected chi connectivity index (χ1v) is 5.53. The molecule has 0 aliphatic heterocycles. The highest BCUT2D eigenvalue weighted by Gasteiger charge is 1.98. The third-order valence-corrected chi connectivity index (χ3v) is 2.27. The largest absolute Gasteiger partial charge is 0.365 e. The zero-order valence-electron chi connectivity index (χ0n) is 5.42. The summed E-state index contributed by atoms with van der Waals surface area (Å²) < 4.78 is 6.74. The minimum atomic E-state index is -1.97. The SMILES string of the molecule is [2H]CCCP(C)(O)=S. The maximum absolute atomic E-state index is 8.99. The van der Waals surface area contributed by atoms with E-state index in [1.165, 1.54) is 0 Å². The normalized spacial score (nSPS) is 20.6. The fourth-order valence-corrected chi connectivity index (χ4v) is 1.27. The van der Waals surface area contributed by atoms with Gasteiger partial charge in [0.1, 0.15) is 0 Å². The number of hydrogen-bond acceptors (Lipinski definition) is 1. The molecule has 0 saturated carbocycles. The van der Waals surface area contributed by atoms with E-state index in [4.69, 9.17) is 18.1 Å². The van der Waals surface area contributed by atoms with Crippen LogP contribution >= 0.6 is 6.26 Å². The molecule has 0 aromatic rings. The second-order valence-electron chi connectivity index (χ2n) is 1.63. The molecule has 0 aliphatic rings. The lowest BCUT2D eigenvalue weighted by Gasteiger charge is -2.03. The zero-order chi connectivity index (χ0) is 6.62. The van der Waals surface area contributed by atoms with E-state index in [2.05, 4.69) is 0 Å². The van der Waals surface area contributed by atoms with E-state index in [1.807, 2.05) is 0 Å². The Labute approximate surface area is 51.2 Å². The van der Waals surface area contributed by atoms with Crippen LogP contribution in [-0.2, 0) is 11.8 Å². The zero-order valence-corrected chi connectivity index (χ0v) is 6.13. The van der Waals surface area contributed by atoms with Crippen LogP contribution in [0.1, 0.15) is 14.7 Å². The lowest BCUT2D eigenvalue weighted by molar-refractivity contribution is 0.625. The first kappa shape index (κ1) is 5.74. The molecule has 0 aromatic carbocycles. The van der Waals surface area contributed by atoms with E-state index in [9.17, 15) is 0 Å². The molecule has 1 unspecified atom stereocenters. The average molecular weight is 139 g/mol. The molecule has 0 bridgehead atoms. The summed E-state index contributed by atoms with van der Waals surface area (Å²) in [6, 6.07) is 0. The minimum absolute atomic E-state index is 0.382. The van der Waals surface area contributed by atoms with Gasteiger partial charge in [-0.25, -0.2) is 0 Å². The van der Waals surface area contributed by atoms with E-state index in [-0.39, 0.29) is 0 Å². The Morgan fingerprint density at radius 3 is 2.71 bits per heavy atom. The lowest BCUT2D eigenvalue weighted by atomic mass is 10.6. The Morgan fingerprint density at radius 1 is 2.00 bits per heavy atom. The number of hydrogen-bond donors (Lipinski definition) is 1. The van der Waals surface area contributed by atoms with Crippen molar-refractivity contribution in [1.82, 2.24) is 0 Å². The molecule has 3 heteroatoms. The van der Waals surface area contributed by atoms with Crippen LogP contribution in [0, 0.1) is 0 Å². The maximum Gasteiger partial charge on any atom is 0.0607 e. The summed E-state index contributed by atoms with van der Waals surface area (Å²) in [5.41, 5.74) is 0. The van der Waals surface area contributed by atoms with Crippen molar-refractivity contribution in [3.05, 3.63) is 0 Å². The summed E-state index contributed by atoms with van der Waals surface area (Å²) in [5, 5.41) is 0. The lowest BCUT2D eigenvalue weighted by Crippen LogP contribution is -1.80. The van der Waals surface area contributed by atoms with Crippen LogP contribution in [0.4, 0.5) is 0 Å². The van der Waals surface area contributed by atoms with Gasteiger partial charge in [0.05, 0.1) is 6.26 Å². The molecule has 1 atom stereocenters. The van der Waals surface area contributed by atoms with Crippen molar-refractivity contribution < 1.29 is 6.26 Å². The van der Waals surface area contributed by atoms with Crippen LogP contribution in [0.5, 0.6) is 0 Å². The molecule has 0 amide bonds. The monoisotopic (exact) mass is 139 g/mol. The smallest absolute Gasteiger partial charge is 0.0607 e. The first-order chi connectivity index (χ1) is 3.56. The van der Waals surface area contributed by atoms with Crippen LogP contribution in [0.25, 0.3) is 0 Å². The standard InChI is InChI=1S/C4H11OPS/c1-3-4-6(2,5)7/h3-4H2,1-2H3,(H,5,7)/i1D. The summed E-state index contributed by atoms with van der Waals surface area (Å²) in [4.78, 5) is 8.99. The predicted octanol–water partition coefficient (Wildman–Crippen LogP) is 1.41. The van der Waals surface area contributed by atoms with Gasteiger partial charge >= 0.3 is 0 Å². The van der Waals surface area contributed by atoms with Crippen molar-refractivity contribution >= 4 is 18.1 Å². The van der Waals surface area contributed by atoms with E-state index in [0.717, 1.165) is 6.42 Å². The third kappa shape index (κ3) is 6.61. The van der Waals surface area contributed by atoms with Crippen molar-refractivity contribution in [3.8, 4) is 0 Å². The molecule has 0 saturated heterocycles. The van der Waals surface area contributed by atoms with Crippen molar-refractivity contribution in [3.63, 3.8) is 0 Å². The van der Waals surface area contributed by atoms with Crippen molar-refractivity contribution in [2.75, 3.05) is 12.8 Å². The quantitative estimate of drug-likeness (QED) is 0.584. The maximum atomic E-state index is 8.99. The molecule has 0 aromatic heterocycles. The Morgan fingerprint density at radius 2 is 2.57 bits per heavy atom. The molecule has 44 valence electrons. The van der Waals surface area contributed by atoms with Gasteiger partial charge in [0.15, 0.2) is 0 Å². The average Bonchev–Trinajstić information content (AvgIpc) is 1.59. The van der Waals surface area contributed by atoms with Gasteiger partial charge in [0, 0.05) is 1.37 Å². The predicted molar refractivity (Wildman–Crippen MR) is 37.6 cm³/mol. The van der Waals surface area contributed by atoms with E-state index in [1.54, 1.807) is 6.66 Å². The fourth-order valence-electron chi connectivity index (χ4n) is 0.293. The molecule has 1 nitrogen and oxygen atoms in total. The second kappa shape index (κ2) is 2.81. The third-order valence-electron chi connectivity index (χ3n) is 0.573. The fraction of sp³-hybridized carbons (Fsp3) is 1.00. The van der Waals surface area contributed by atoms with Gasteiger partial charge in [0.2, 0.25) is 0 Å². The highest BCUT2D eigenvalue weighted by atomic mass is 32.4. The topological polar surface area (TPSA) is 20.2 Å². The summed E-state index contributed by atoms with van der Waals surface area (Å²) in [6.07, 6.45) is -0.570.